The van der Waals surface area contributed by atoms with Gasteiger partial charge < -0.3 is 15.8 Å². The first-order chi connectivity index (χ1) is 20.1. The molecule has 1 fully saturated rings. The Labute approximate surface area is 238 Å². The Morgan fingerprint density at radius 3 is 2.67 bits per heavy atom. The van der Waals surface area contributed by atoms with Gasteiger partial charge in [-0.1, -0.05) is 31.2 Å². The minimum atomic E-state index is -4.72. The van der Waals surface area contributed by atoms with Gasteiger partial charge in [0.15, 0.2) is 5.82 Å². The fraction of sp³-hybridized carbons (Fsp3) is 0.379. The average molecular weight is 584 g/mol. The third-order valence-corrected chi connectivity index (χ3v) is 8.29. The van der Waals surface area contributed by atoms with Crippen molar-refractivity contribution in [2.24, 2.45) is 5.92 Å². The molecule has 0 bridgehead atoms. The van der Waals surface area contributed by atoms with Gasteiger partial charge in [-0.2, -0.15) is 18.3 Å². The lowest BCUT2D eigenvalue weighted by molar-refractivity contribution is -0.136. The van der Waals surface area contributed by atoms with Crippen LogP contribution in [0.1, 0.15) is 52.4 Å². The fourth-order valence-corrected chi connectivity index (χ4v) is 6.23. The first-order valence-corrected chi connectivity index (χ1v) is 13.6. The van der Waals surface area contributed by atoms with Crippen molar-refractivity contribution < 1.29 is 27.1 Å². The summed E-state index contributed by atoms with van der Waals surface area (Å²) < 4.78 is 62.8. The molecular weight excluding hydrogens is 554 g/mol. The molecule has 220 valence electrons. The number of pyridine rings is 1. The van der Waals surface area contributed by atoms with Crippen molar-refractivity contribution in [1.29, 1.82) is 0 Å². The number of amides is 1. The van der Waals surface area contributed by atoms with Crippen molar-refractivity contribution >= 4 is 17.2 Å². The summed E-state index contributed by atoms with van der Waals surface area (Å²) in [7, 11) is 1.33. The first kappa shape index (κ1) is 27.9. The second kappa shape index (κ2) is 10.5. The molecule has 1 aliphatic heterocycles. The number of nitrogen functional groups attached to an aromatic ring is 1. The van der Waals surface area contributed by atoms with E-state index in [-0.39, 0.29) is 47.7 Å². The maximum Gasteiger partial charge on any atom is 0.418 e. The van der Waals surface area contributed by atoms with E-state index >= 15 is 4.39 Å². The molecule has 4 aromatic rings. The van der Waals surface area contributed by atoms with Crippen LogP contribution in [0.15, 0.2) is 48.9 Å². The molecule has 42 heavy (non-hydrogen) atoms. The van der Waals surface area contributed by atoms with Crippen molar-refractivity contribution in [3.63, 3.8) is 0 Å². The monoisotopic (exact) mass is 583 g/mol. The molecule has 4 atom stereocenters. The van der Waals surface area contributed by atoms with Crippen LogP contribution in [0.4, 0.5) is 23.4 Å². The lowest BCUT2D eigenvalue weighted by atomic mass is 10.0. The van der Waals surface area contributed by atoms with E-state index in [0.29, 0.717) is 12.5 Å². The molecule has 0 spiro atoms. The van der Waals surface area contributed by atoms with E-state index in [1.807, 2.05) is 12.1 Å². The lowest BCUT2D eigenvalue weighted by Gasteiger charge is -2.25. The molecule has 1 aliphatic carbocycles. The van der Waals surface area contributed by atoms with E-state index in [9.17, 15) is 18.0 Å². The van der Waals surface area contributed by atoms with Gasteiger partial charge in [-0.15, -0.1) is 0 Å². The van der Waals surface area contributed by atoms with Crippen molar-refractivity contribution in [3.05, 3.63) is 71.2 Å². The van der Waals surface area contributed by atoms with E-state index in [1.54, 1.807) is 0 Å². The predicted octanol–water partition coefficient (Wildman–Crippen LogP) is 4.65. The summed E-state index contributed by atoms with van der Waals surface area (Å²) in [6, 6.07) is 10.6. The van der Waals surface area contributed by atoms with E-state index < -0.39 is 35.3 Å². The van der Waals surface area contributed by atoms with Crippen LogP contribution >= 0.6 is 0 Å². The van der Waals surface area contributed by atoms with Crippen LogP contribution in [0.2, 0.25) is 0 Å². The number of hydrogen-bond donors (Lipinski definition) is 2. The zero-order valence-corrected chi connectivity index (χ0v) is 22.9. The lowest BCUT2D eigenvalue weighted by Crippen LogP contribution is -2.33. The van der Waals surface area contributed by atoms with E-state index in [0.717, 1.165) is 23.3 Å². The van der Waals surface area contributed by atoms with Gasteiger partial charge >= 0.3 is 6.18 Å². The molecule has 3 aromatic heterocycles. The number of aromatic nitrogens is 4. The van der Waals surface area contributed by atoms with Crippen molar-refractivity contribution in [3.8, 4) is 17.1 Å². The molecule has 4 heterocycles. The number of methoxy groups -OCH3 is 1. The molecule has 1 amide bonds. The summed E-state index contributed by atoms with van der Waals surface area (Å²) in [6.07, 6.45) is -2.61. The largest absolute Gasteiger partial charge is 0.480 e. The summed E-state index contributed by atoms with van der Waals surface area (Å²) in [5, 5.41) is 6.73. The summed E-state index contributed by atoms with van der Waals surface area (Å²) in [4.78, 5) is 23.3. The zero-order chi connectivity index (χ0) is 29.8. The van der Waals surface area contributed by atoms with Crippen LogP contribution in [0.25, 0.3) is 16.8 Å². The Bertz CT molecular complexity index is 1660. The van der Waals surface area contributed by atoms with Crippen LogP contribution < -0.4 is 15.8 Å². The van der Waals surface area contributed by atoms with E-state index in [2.05, 4.69) is 44.3 Å². The van der Waals surface area contributed by atoms with Gasteiger partial charge in [-0.3, -0.25) is 9.69 Å². The van der Waals surface area contributed by atoms with Gasteiger partial charge in [0.25, 0.3) is 5.91 Å². The van der Waals surface area contributed by atoms with Crippen molar-refractivity contribution in [2.75, 3.05) is 32.5 Å². The smallest absolute Gasteiger partial charge is 0.418 e. The highest BCUT2D eigenvalue weighted by Gasteiger charge is 2.41. The van der Waals surface area contributed by atoms with E-state index in [4.69, 9.17) is 10.5 Å². The SMILES string of the molecule is COc1ncc(-c2cc(C(F)(F)F)c3c(N)ncnn23)cc1C(=O)NC[C@@H]1CN(C2CC(C)c3ccccc32)CC1F. The second-order valence-electron chi connectivity index (χ2n) is 10.8. The maximum absolute atomic E-state index is 15.2. The number of fused-ring (bicyclic) bond motifs is 2. The van der Waals surface area contributed by atoms with Crippen LogP contribution in [0.3, 0.4) is 0 Å². The summed E-state index contributed by atoms with van der Waals surface area (Å²) in [5.74, 6) is -0.989. The number of nitrogens with one attached hydrogen (secondary N) is 1. The van der Waals surface area contributed by atoms with Gasteiger partial charge in [0.2, 0.25) is 5.88 Å². The number of halogens is 4. The number of likely N-dealkylation sites (tertiary alicyclic amines) is 1. The minimum absolute atomic E-state index is 0.00987. The van der Waals surface area contributed by atoms with Gasteiger partial charge in [-0.05, 0) is 35.6 Å². The number of carbonyl (C=O) groups is 1. The second-order valence-corrected chi connectivity index (χ2v) is 10.8. The summed E-state index contributed by atoms with van der Waals surface area (Å²) in [5.41, 5.74) is 7.03. The fourth-order valence-electron chi connectivity index (χ4n) is 6.23. The number of alkyl halides is 4. The van der Waals surface area contributed by atoms with Crippen LogP contribution in [0, 0.1) is 5.92 Å². The maximum atomic E-state index is 15.2. The molecule has 9 nitrogen and oxygen atoms in total. The molecule has 1 saturated heterocycles. The van der Waals surface area contributed by atoms with E-state index in [1.165, 1.54) is 30.5 Å². The number of nitrogens with zero attached hydrogens (tertiary/aromatic N) is 5. The number of carbonyl (C=O) groups excluding carboxylic acids is 1. The molecule has 0 radical (unpaired) electrons. The Kier molecular flexibility index (Phi) is 7.00. The molecule has 6 rings (SSSR count). The number of benzene rings is 1. The molecular formula is C29H29F4N7O2. The number of anilines is 1. The normalized spacial score (nSPS) is 22.4. The topological polar surface area (TPSA) is 111 Å². The Balaban J connectivity index is 1.22. The molecule has 2 aliphatic rings. The van der Waals surface area contributed by atoms with Crippen LogP contribution in [-0.2, 0) is 6.18 Å². The third kappa shape index (κ3) is 4.81. The molecule has 0 saturated carbocycles. The first-order valence-electron chi connectivity index (χ1n) is 13.6. The van der Waals surface area contributed by atoms with Crippen LogP contribution in [-0.4, -0.2) is 63.3 Å². The molecule has 3 unspecified atom stereocenters. The van der Waals surface area contributed by atoms with Gasteiger partial charge in [0, 0.05) is 43.4 Å². The number of hydrogen-bond acceptors (Lipinski definition) is 7. The quantitative estimate of drug-likeness (QED) is 0.318. The van der Waals surface area contributed by atoms with Gasteiger partial charge in [-0.25, -0.2) is 18.9 Å². The number of ether oxygens (including phenoxy) is 1. The predicted molar refractivity (Wildman–Crippen MR) is 147 cm³/mol. The highest BCUT2D eigenvalue weighted by atomic mass is 19.4. The molecule has 1 aromatic carbocycles. The standard InChI is InChI=1S/C29H29F4N7O2/c1-15-7-24(19-6-4-3-5-18(15)19)39-12-17(22(30)13-39)11-35-27(41)20-8-16(10-36-28(20)42-2)23-9-21(29(31,32)33)25-26(34)37-14-38-40(23)25/h3-6,8-10,14-15,17,22,24H,7,11-13H2,1-2H3,(H,35,41)(H2,34,37,38)/t15?,17-,22?,24?/m1/s1. The number of rotatable bonds is 6. The highest BCUT2D eigenvalue weighted by Crippen LogP contribution is 2.45. The average Bonchev–Trinajstić information content (AvgIpc) is 3.65. The Morgan fingerprint density at radius 1 is 1.17 bits per heavy atom. The van der Waals surface area contributed by atoms with Gasteiger partial charge in [0.1, 0.15) is 23.6 Å². The Morgan fingerprint density at radius 2 is 1.93 bits per heavy atom. The highest BCUT2D eigenvalue weighted by molar-refractivity contribution is 5.97. The van der Waals surface area contributed by atoms with Crippen LogP contribution in [0.5, 0.6) is 5.88 Å². The van der Waals surface area contributed by atoms with Gasteiger partial charge in [0.05, 0.1) is 18.4 Å². The Hall–Kier alpha value is -4.26. The summed E-state index contributed by atoms with van der Waals surface area (Å²) >= 11 is 0. The molecule has 3 N–H and O–H groups in total. The third-order valence-electron chi connectivity index (χ3n) is 8.29. The molecule has 13 heteroatoms. The van der Waals surface area contributed by atoms with Crippen molar-refractivity contribution in [2.45, 2.75) is 37.7 Å². The minimum Gasteiger partial charge on any atom is -0.480 e. The summed E-state index contributed by atoms with van der Waals surface area (Å²) in [6.45, 7) is 3.02. The number of nitrogens with two attached hydrogens (primary N) is 1. The van der Waals surface area contributed by atoms with Crippen molar-refractivity contribution in [1.82, 2.24) is 29.8 Å². The zero-order valence-electron chi connectivity index (χ0n) is 22.9.